The Kier molecular flexibility index (Phi) is 5.61. The van der Waals surface area contributed by atoms with Gasteiger partial charge in [0.1, 0.15) is 5.75 Å². The molecule has 0 fully saturated rings. The number of aromatic carboxylic acids is 1. The molecule has 0 saturated heterocycles. The number of hydrogen-bond acceptors (Lipinski definition) is 6. The molecule has 0 aliphatic heterocycles. The van der Waals surface area contributed by atoms with Gasteiger partial charge in [-0.25, -0.2) is 19.7 Å². The second-order valence-electron chi connectivity index (χ2n) is 6.96. The van der Waals surface area contributed by atoms with E-state index in [-0.39, 0.29) is 5.56 Å². The van der Waals surface area contributed by atoms with E-state index in [1.165, 1.54) is 6.20 Å². The van der Waals surface area contributed by atoms with Crippen LogP contribution in [0.25, 0.3) is 5.69 Å². The fourth-order valence-electron chi connectivity index (χ4n) is 3.23. The molecule has 156 valence electrons. The lowest BCUT2D eigenvalue weighted by Crippen LogP contribution is -2.09. The Bertz CT molecular complexity index is 1220. The number of rotatable bonds is 7. The standard InChI is InChI=1S/C23H21N5O3/c1-15-13-28(14-25-15)20-9-8-17(11-21(20)31-2)26-23-24-12-18(22(29)30)19(27-23)10-16-6-4-3-5-7-16/h3-9,11-14H,10H2,1-2H3,(H,29,30)(H,24,26,27). The predicted molar refractivity (Wildman–Crippen MR) is 116 cm³/mol. The Morgan fingerprint density at radius 1 is 1.16 bits per heavy atom. The Morgan fingerprint density at radius 2 is 1.97 bits per heavy atom. The van der Waals surface area contributed by atoms with Gasteiger partial charge in [-0.3, -0.25) is 0 Å². The number of carbonyl (C=O) groups is 1. The van der Waals surface area contributed by atoms with E-state index in [4.69, 9.17) is 4.74 Å². The van der Waals surface area contributed by atoms with Gasteiger partial charge in [0.15, 0.2) is 0 Å². The molecule has 31 heavy (non-hydrogen) atoms. The number of methoxy groups -OCH3 is 1. The first-order chi connectivity index (χ1) is 15.0. The summed E-state index contributed by atoms with van der Waals surface area (Å²) in [5, 5.41) is 12.6. The first kappa shape index (κ1) is 20.1. The minimum absolute atomic E-state index is 0.0813. The van der Waals surface area contributed by atoms with Gasteiger partial charge in [-0.1, -0.05) is 30.3 Å². The van der Waals surface area contributed by atoms with E-state index in [2.05, 4.69) is 20.3 Å². The Hall–Kier alpha value is -4.20. The van der Waals surface area contributed by atoms with Crippen LogP contribution in [0.3, 0.4) is 0 Å². The van der Waals surface area contributed by atoms with Gasteiger partial charge < -0.3 is 19.7 Å². The monoisotopic (exact) mass is 415 g/mol. The lowest BCUT2D eigenvalue weighted by molar-refractivity contribution is 0.0695. The van der Waals surface area contributed by atoms with Gasteiger partial charge in [0.2, 0.25) is 5.95 Å². The highest BCUT2D eigenvalue weighted by atomic mass is 16.5. The normalized spacial score (nSPS) is 10.6. The number of hydrogen-bond donors (Lipinski definition) is 2. The van der Waals surface area contributed by atoms with Crippen molar-refractivity contribution in [3.8, 4) is 11.4 Å². The van der Waals surface area contributed by atoms with E-state index in [0.29, 0.717) is 29.5 Å². The van der Waals surface area contributed by atoms with Crippen molar-refractivity contribution in [1.29, 1.82) is 0 Å². The maximum Gasteiger partial charge on any atom is 0.339 e. The minimum atomic E-state index is -1.06. The highest BCUT2D eigenvalue weighted by Crippen LogP contribution is 2.28. The molecule has 4 aromatic rings. The molecule has 4 rings (SSSR count). The van der Waals surface area contributed by atoms with Crippen LogP contribution in [0.15, 0.2) is 67.3 Å². The molecule has 0 spiro atoms. The van der Waals surface area contributed by atoms with E-state index < -0.39 is 5.97 Å². The third-order valence-electron chi connectivity index (χ3n) is 4.74. The molecule has 0 atom stereocenters. The first-order valence-electron chi connectivity index (χ1n) is 9.62. The van der Waals surface area contributed by atoms with Crippen LogP contribution in [0.1, 0.15) is 27.3 Å². The van der Waals surface area contributed by atoms with Gasteiger partial charge in [-0.15, -0.1) is 0 Å². The summed E-state index contributed by atoms with van der Waals surface area (Å²) in [5.41, 5.74) is 3.96. The van der Waals surface area contributed by atoms with Crippen molar-refractivity contribution >= 4 is 17.6 Å². The molecule has 2 heterocycles. The zero-order valence-electron chi connectivity index (χ0n) is 17.1. The average Bonchev–Trinajstić information content (AvgIpc) is 3.20. The maximum absolute atomic E-state index is 11.6. The number of aryl methyl sites for hydroxylation is 1. The van der Waals surface area contributed by atoms with Crippen molar-refractivity contribution in [2.24, 2.45) is 0 Å². The van der Waals surface area contributed by atoms with Crippen molar-refractivity contribution in [3.63, 3.8) is 0 Å². The summed E-state index contributed by atoms with van der Waals surface area (Å²) in [6, 6.07) is 15.2. The number of benzene rings is 2. The molecule has 0 unspecified atom stereocenters. The molecule has 0 amide bonds. The second kappa shape index (κ2) is 8.66. The van der Waals surface area contributed by atoms with Crippen LogP contribution in [0.2, 0.25) is 0 Å². The van der Waals surface area contributed by atoms with Gasteiger partial charge in [-0.05, 0) is 24.6 Å². The smallest absolute Gasteiger partial charge is 0.339 e. The van der Waals surface area contributed by atoms with E-state index in [1.54, 1.807) is 13.4 Å². The summed E-state index contributed by atoms with van der Waals surface area (Å²) in [6.07, 6.45) is 5.36. The van der Waals surface area contributed by atoms with Gasteiger partial charge in [-0.2, -0.15) is 0 Å². The molecule has 0 aliphatic carbocycles. The maximum atomic E-state index is 11.6. The largest absolute Gasteiger partial charge is 0.494 e. The van der Waals surface area contributed by atoms with Crippen LogP contribution < -0.4 is 10.1 Å². The lowest BCUT2D eigenvalue weighted by Gasteiger charge is -2.13. The molecule has 0 bridgehead atoms. The van der Waals surface area contributed by atoms with Gasteiger partial charge in [0, 0.05) is 30.6 Å². The van der Waals surface area contributed by atoms with E-state index >= 15 is 0 Å². The molecule has 0 saturated carbocycles. The third kappa shape index (κ3) is 4.53. The fraction of sp³-hybridized carbons (Fsp3) is 0.130. The van der Waals surface area contributed by atoms with Crippen LogP contribution >= 0.6 is 0 Å². The van der Waals surface area contributed by atoms with Gasteiger partial charge >= 0.3 is 5.97 Å². The quantitative estimate of drug-likeness (QED) is 0.470. The fourth-order valence-corrected chi connectivity index (χ4v) is 3.23. The van der Waals surface area contributed by atoms with Crippen molar-refractivity contribution in [2.75, 3.05) is 12.4 Å². The Labute approximate surface area is 179 Å². The average molecular weight is 415 g/mol. The number of imidazole rings is 1. The first-order valence-corrected chi connectivity index (χ1v) is 9.62. The molecule has 0 radical (unpaired) electrons. The number of ether oxygens (including phenoxy) is 1. The SMILES string of the molecule is COc1cc(Nc2ncc(C(=O)O)c(Cc3ccccc3)n2)ccc1-n1cnc(C)c1. The molecule has 8 heteroatoms. The zero-order chi connectivity index (χ0) is 21.8. The van der Waals surface area contributed by atoms with Crippen LogP contribution in [0, 0.1) is 6.92 Å². The van der Waals surface area contributed by atoms with Crippen molar-refractivity contribution in [2.45, 2.75) is 13.3 Å². The molecule has 2 N–H and O–H groups in total. The molecule has 2 aromatic heterocycles. The second-order valence-corrected chi connectivity index (χ2v) is 6.96. The van der Waals surface area contributed by atoms with Crippen LogP contribution in [0.4, 0.5) is 11.6 Å². The summed E-state index contributed by atoms with van der Waals surface area (Å²) < 4.78 is 7.42. The number of carboxylic acid groups (broad SMARTS) is 1. The number of anilines is 2. The predicted octanol–water partition coefficient (Wildman–Crippen LogP) is 4.01. The highest BCUT2D eigenvalue weighted by Gasteiger charge is 2.15. The van der Waals surface area contributed by atoms with E-state index in [1.807, 2.05) is 66.2 Å². The number of nitrogens with zero attached hydrogens (tertiary/aromatic N) is 4. The van der Waals surface area contributed by atoms with Crippen LogP contribution in [0.5, 0.6) is 5.75 Å². The molecule has 2 aromatic carbocycles. The van der Waals surface area contributed by atoms with Crippen LogP contribution in [-0.2, 0) is 6.42 Å². The summed E-state index contributed by atoms with van der Waals surface area (Å²) in [6.45, 7) is 1.92. The molecular formula is C23H21N5O3. The number of aromatic nitrogens is 4. The Balaban J connectivity index is 1.63. The van der Waals surface area contributed by atoms with Gasteiger partial charge in [0.25, 0.3) is 0 Å². The van der Waals surface area contributed by atoms with Gasteiger partial charge in [0.05, 0.1) is 36.1 Å². The molecule has 8 nitrogen and oxygen atoms in total. The topological polar surface area (TPSA) is 102 Å². The molecular weight excluding hydrogens is 394 g/mol. The summed E-state index contributed by atoms with van der Waals surface area (Å²) in [4.78, 5) is 24.5. The van der Waals surface area contributed by atoms with Crippen molar-refractivity contribution < 1.29 is 14.6 Å². The highest BCUT2D eigenvalue weighted by molar-refractivity contribution is 5.88. The van der Waals surface area contributed by atoms with E-state index in [0.717, 1.165) is 16.9 Å². The third-order valence-corrected chi connectivity index (χ3v) is 4.74. The van der Waals surface area contributed by atoms with Crippen molar-refractivity contribution in [1.82, 2.24) is 19.5 Å². The molecule has 0 aliphatic rings. The Morgan fingerprint density at radius 3 is 2.65 bits per heavy atom. The number of nitrogens with one attached hydrogen (secondary N) is 1. The number of carboxylic acids is 1. The van der Waals surface area contributed by atoms with Crippen LogP contribution in [-0.4, -0.2) is 37.7 Å². The minimum Gasteiger partial charge on any atom is -0.494 e. The summed E-state index contributed by atoms with van der Waals surface area (Å²) in [7, 11) is 1.60. The summed E-state index contributed by atoms with van der Waals surface area (Å²) in [5.74, 6) is -0.0996. The zero-order valence-corrected chi connectivity index (χ0v) is 17.1. The van der Waals surface area contributed by atoms with E-state index in [9.17, 15) is 9.90 Å². The lowest BCUT2D eigenvalue weighted by atomic mass is 10.1. The van der Waals surface area contributed by atoms with Crippen molar-refractivity contribution in [3.05, 3.63) is 89.8 Å². The summed E-state index contributed by atoms with van der Waals surface area (Å²) >= 11 is 0.